The van der Waals surface area contributed by atoms with Crippen molar-refractivity contribution in [2.24, 2.45) is 10.5 Å². The van der Waals surface area contributed by atoms with Crippen molar-refractivity contribution in [3.8, 4) is 0 Å². The summed E-state index contributed by atoms with van der Waals surface area (Å²) in [5.74, 6) is -1.16. The molecule has 2 aromatic carbocycles. The SMILES string of the molecule is CN(C(=O)N1C[C@](C)(C(=O)O)C(c2ccc(Cl)cc2)=N1)c1ccc(C(F)(F)F)cc1. The van der Waals surface area contributed by atoms with E-state index >= 15 is 0 Å². The summed E-state index contributed by atoms with van der Waals surface area (Å²) in [5.41, 5.74) is -1.42. The van der Waals surface area contributed by atoms with Crippen LogP contribution in [0.4, 0.5) is 23.7 Å². The monoisotopic (exact) mass is 439 g/mol. The molecule has 2 aromatic rings. The number of rotatable bonds is 3. The fraction of sp³-hybridized carbons (Fsp3) is 0.250. The van der Waals surface area contributed by atoms with E-state index in [0.29, 0.717) is 10.6 Å². The Bertz CT molecular complexity index is 1010. The van der Waals surface area contributed by atoms with Gasteiger partial charge in [0, 0.05) is 17.8 Å². The number of hydrazone groups is 1. The second-order valence-corrected chi connectivity index (χ2v) is 7.47. The average molecular weight is 440 g/mol. The van der Waals surface area contributed by atoms with Crippen LogP contribution in [0, 0.1) is 5.41 Å². The number of anilines is 1. The van der Waals surface area contributed by atoms with Gasteiger partial charge in [0.05, 0.1) is 17.8 Å². The maximum absolute atomic E-state index is 12.9. The van der Waals surface area contributed by atoms with Gasteiger partial charge < -0.3 is 5.11 Å². The molecule has 0 fully saturated rings. The van der Waals surface area contributed by atoms with Gasteiger partial charge >= 0.3 is 18.2 Å². The number of carboxylic acid groups (broad SMARTS) is 1. The van der Waals surface area contributed by atoms with E-state index in [1.54, 1.807) is 24.3 Å². The van der Waals surface area contributed by atoms with E-state index in [9.17, 15) is 27.9 Å². The van der Waals surface area contributed by atoms with Crippen molar-refractivity contribution in [3.63, 3.8) is 0 Å². The maximum Gasteiger partial charge on any atom is 0.416 e. The molecule has 1 N–H and O–H groups in total. The van der Waals surface area contributed by atoms with Crippen LogP contribution in [-0.4, -0.2) is 41.4 Å². The van der Waals surface area contributed by atoms with Gasteiger partial charge in [0.2, 0.25) is 0 Å². The Morgan fingerprint density at radius 2 is 1.70 bits per heavy atom. The molecule has 0 unspecified atom stereocenters. The number of benzene rings is 2. The summed E-state index contributed by atoms with van der Waals surface area (Å²) in [6.45, 7) is 1.22. The largest absolute Gasteiger partial charge is 0.480 e. The molecule has 0 saturated carbocycles. The molecule has 30 heavy (non-hydrogen) atoms. The minimum Gasteiger partial charge on any atom is -0.480 e. The molecule has 1 atom stereocenters. The van der Waals surface area contributed by atoms with E-state index < -0.39 is 29.2 Å². The van der Waals surface area contributed by atoms with Crippen LogP contribution in [-0.2, 0) is 11.0 Å². The van der Waals surface area contributed by atoms with Crippen molar-refractivity contribution in [2.45, 2.75) is 13.1 Å². The Morgan fingerprint density at radius 3 is 2.20 bits per heavy atom. The molecule has 0 radical (unpaired) electrons. The van der Waals surface area contributed by atoms with Crippen molar-refractivity contribution >= 4 is 35.0 Å². The van der Waals surface area contributed by atoms with Crippen molar-refractivity contribution in [2.75, 3.05) is 18.5 Å². The molecule has 1 heterocycles. The van der Waals surface area contributed by atoms with E-state index in [1.165, 1.54) is 14.0 Å². The summed E-state index contributed by atoms with van der Waals surface area (Å²) < 4.78 is 38.2. The van der Waals surface area contributed by atoms with Crippen LogP contribution in [0.15, 0.2) is 53.6 Å². The molecule has 6 nitrogen and oxygen atoms in total. The first kappa shape index (κ1) is 21.6. The Morgan fingerprint density at radius 1 is 1.13 bits per heavy atom. The molecule has 0 aliphatic carbocycles. The summed E-state index contributed by atoms with van der Waals surface area (Å²) in [7, 11) is 1.37. The third kappa shape index (κ3) is 3.97. The predicted molar refractivity (Wildman–Crippen MR) is 106 cm³/mol. The van der Waals surface area contributed by atoms with Gasteiger partial charge in [0.1, 0.15) is 5.41 Å². The molecular formula is C20H17ClF3N3O3. The molecule has 0 aromatic heterocycles. The number of nitrogens with zero attached hydrogens (tertiary/aromatic N) is 3. The second-order valence-electron chi connectivity index (χ2n) is 7.04. The van der Waals surface area contributed by atoms with Crippen molar-refractivity contribution in [1.29, 1.82) is 0 Å². The van der Waals surface area contributed by atoms with Crippen LogP contribution < -0.4 is 4.90 Å². The van der Waals surface area contributed by atoms with Gasteiger partial charge in [-0.1, -0.05) is 23.7 Å². The number of amides is 2. The van der Waals surface area contributed by atoms with Crippen LogP contribution in [0.1, 0.15) is 18.1 Å². The number of alkyl halides is 3. The number of halogens is 4. The first-order valence-electron chi connectivity index (χ1n) is 8.74. The molecular weight excluding hydrogens is 423 g/mol. The van der Waals surface area contributed by atoms with Gasteiger partial charge in [0.25, 0.3) is 0 Å². The van der Waals surface area contributed by atoms with Gasteiger partial charge in [-0.3, -0.25) is 9.69 Å². The molecule has 3 rings (SSSR count). The Hall–Kier alpha value is -3.07. The standard InChI is InChI=1S/C20H17ClF3N3O3/c1-19(17(28)29)11-27(25-16(19)12-3-7-14(21)8-4-12)18(30)26(2)15-9-5-13(6-10-15)20(22,23)24/h3-10H,11H2,1-2H3,(H,28,29)/t19-/m0/s1. The number of aliphatic carboxylic acids is 1. The second kappa shape index (κ2) is 7.64. The van der Waals surface area contributed by atoms with E-state index in [-0.39, 0.29) is 17.9 Å². The van der Waals surface area contributed by atoms with Crippen molar-refractivity contribution in [1.82, 2.24) is 5.01 Å². The molecule has 2 amide bonds. The molecule has 158 valence electrons. The quantitative estimate of drug-likeness (QED) is 0.751. The highest BCUT2D eigenvalue weighted by atomic mass is 35.5. The van der Waals surface area contributed by atoms with Crippen LogP contribution >= 0.6 is 11.6 Å². The Labute approximate surface area is 175 Å². The number of carbonyl (C=O) groups is 2. The fourth-order valence-corrected chi connectivity index (χ4v) is 3.19. The number of urea groups is 1. The lowest BCUT2D eigenvalue weighted by molar-refractivity contribution is -0.144. The minimum absolute atomic E-state index is 0.181. The smallest absolute Gasteiger partial charge is 0.416 e. The van der Waals surface area contributed by atoms with E-state index in [4.69, 9.17) is 11.6 Å². The molecule has 0 saturated heterocycles. The number of carbonyl (C=O) groups excluding carboxylic acids is 1. The summed E-state index contributed by atoms with van der Waals surface area (Å²) in [5, 5.41) is 15.4. The van der Waals surface area contributed by atoms with Crippen molar-refractivity contribution in [3.05, 3.63) is 64.7 Å². The zero-order chi connectivity index (χ0) is 22.3. The number of carboxylic acids is 1. The lowest BCUT2D eigenvalue weighted by Crippen LogP contribution is -2.43. The fourth-order valence-electron chi connectivity index (χ4n) is 3.06. The van der Waals surface area contributed by atoms with Crippen LogP contribution in [0.3, 0.4) is 0 Å². The van der Waals surface area contributed by atoms with Gasteiger partial charge in [0.15, 0.2) is 0 Å². The summed E-state index contributed by atoms with van der Waals surface area (Å²) in [4.78, 5) is 25.9. The van der Waals surface area contributed by atoms with Crippen LogP contribution in [0.25, 0.3) is 0 Å². The molecule has 1 aliphatic rings. The van der Waals surface area contributed by atoms with Gasteiger partial charge in [-0.15, -0.1) is 0 Å². The summed E-state index contributed by atoms with van der Waals surface area (Å²) in [6, 6.07) is 9.77. The maximum atomic E-state index is 12.9. The third-order valence-corrected chi connectivity index (χ3v) is 5.14. The highest BCUT2D eigenvalue weighted by Crippen LogP contribution is 2.34. The summed E-state index contributed by atoms with van der Waals surface area (Å²) in [6.07, 6.45) is -4.49. The zero-order valence-electron chi connectivity index (χ0n) is 15.9. The normalized spacial score (nSPS) is 18.9. The Kier molecular flexibility index (Phi) is 5.51. The zero-order valence-corrected chi connectivity index (χ0v) is 16.7. The van der Waals surface area contributed by atoms with Gasteiger partial charge in [-0.05, 0) is 48.9 Å². The van der Waals surface area contributed by atoms with E-state index in [1.807, 2.05) is 0 Å². The lowest BCUT2D eigenvalue weighted by atomic mass is 9.82. The van der Waals surface area contributed by atoms with Crippen molar-refractivity contribution < 1.29 is 27.9 Å². The van der Waals surface area contributed by atoms with Gasteiger partial charge in [-0.2, -0.15) is 18.3 Å². The molecule has 0 bridgehead atoms. The molecule has 0 spiro atoms. The Balaban J connectivity index is 1.90. The first-order chi connectivity index (χ1) is 13.9. The minimum atomic E-state index is -4.49. The highest BCUT2D eigenvalue weighted by Gasteiger charge is 2.48. The average Bonchev–Trinajstić information content (AvgIpc) is 3.06. The number of hydrogen-bond acceptors (Lipinski definition) is 3. The topological polar surface area (TPSA) is 73.2 Å². The van der Waals surface area contributed by atoms with Crippen LogP contribution in [0.2, 0.25) is 5.02 Å². The van der Waals surface area contributed by atoms with E-state index in [2.05, 4.69) is 5.10 Å². The van der Waals surface area contributed by atoms with E-state index in [0.717, 1.165) is 34.2 Å². The lowest BCUT2D eigenvalue weighted by Gasteiger charge is -2.25. The summed E-state index contributed by atoms with van der Waals surface area (Å²) >= 11 is 5.88. The van der Waals surface area contributed by atoms with Crippen LogP contribution in [0.5, 0.6) is 0 Å². The molecule has 1 aliphatic heterocycles. The molecule has 10 heteroatoms. The highest BCUT2D eigenvalue weighted by molar-refractivity contribution is 6.30. The predicted octanol–water partition coefficient (Wildman–Crippen LogP) is 4.73. The first-order valence-corrected chi connectivity index (χ1v) is 9.12. The van der Waals surface area contributed by atoms with Gasteiger partial charge in [-0.25, -0.2) is 9.80 Å². The third-order valence-electron chi connectivity index (χ3n) is 4.89. The number of hydrogen-bond donors (Lipinski definition) is 1.